The minimum Gasteiger partial charge on any atom is -0.486 e. The molecule has 2 aromatic rings. The summed E-state index contributed by atoms with van der Waals surface area (Å²) < 4.78 is 13.4. The molecule has 0 spiro atoms. The van der Waals surface area contributed by atoms with Gasteiger partial charge in [0, 0.05) is 14.1 Å². The van der Waals surface area contributed by atoms with Gasteiger partial charge >= 0.3 is 5.69 Å². The molecule has 0 radical (unpaired) electrons. The monoisotopic (exact) mass is 370 g/mol. The number of hydrogen-bond donors (Lipinski definition) is 1. The normalized spacial score (nSPS) is 13.9. The summed E-state index contributed by atoms with van der Waals surface area (Å²) in [5.74, 6) is 1.66. The van der Waals surface area contributed by atoms with E-state index in [1.807, 2.05) is 38.1 Å². The third-order valence-electron chi connectivity index (χ3n) is 4.66. The molecule has 8 heteroatoms. The van der Waals surface area contributed by atoms with Crippen molar-refractivity contribution in [1.82, 2.24) is 9.13 Å². The van der Waals surface area contributed by atoms with E-state index < -0.39 is 11.2 Å². The quantitative estimate of drug-likeness (QED) is 0.877. The minimum absolute atomic E-state index is 0.0946. The lowest BCUT2D eigenvalue weighted by Crippen LogP contribution is -2.40. The van der Waals surface area contributed by atoms with Crippen LogP contribution in [0, 0.1) is 17.2 Å². The number of rotatable bonds is 4. The lowest BCUT2D eigenvalue weighted by molar-refractivity contribution is 0.171. The molecule has 1 aromatic carbocycles. The Morgan fingerprint density at radius 2 is 1.78 bits per heavy atom. The SMILES string of the molecule is CC(C)[C@H](Nc1c(C#N)c(=O)n(C)c(=O)n1C)c1ccc2c(c1)OCCO2. The maximum absolute atomic E-state index is 12.3. The van der Waals surface area contributed by atoms with Gasteiger partial charge in [0.15, 0.2) is 17.1 Å². The average Bonchev–Trinajstić information content (AvgIpc) is 2.67. The molecule has 1 atom stereocenters. The van der Waals surface area contributed by atoms with Crippen LogP contribution < -0.4 is 26.0 Å². The number of benzene rings is 1. The first kappa shape index (κ1) is 18.6. The second-order valence-electron chi connectivity index (χ2n) is 6.81. The van der Waals surface area contributed by atoms with Crippen molar-refractivity contribution in [3.05, 3.63) is 50.2 Å². The summed E-state index contributed by atoms with van der Waals surface area (Å²) in [6, 6.07) is 7.32. The number of fused-ring (bicyclic) bond motifs is 1. The molecule has 0 fully saturated rings. The van der Waals surface area contributed by atoms with Gasteiger partial charge in [-0.3, -0.25) is 13.9 Å². The largest absolute Gasteiger partial charge is 0.486 e. The summed E-state index contributed by atoms with van der Waals surface area (Å²) >= 11 is 0. The van der Waals surface area contributed by atoms with Crippen LogP contribution in [0.5, 0.6) is 11.5 Å². The number of nitrogens with zero attached hydrogens (tertiary/aromatic N) is 3. The fraction of sp³-hybridized carbons (Fsp3) is 0.421. The molecule has 0 amide bonds. The van der Waals surface area contributed by atoms with Crippen molar-refractivity contribution >= 4 is 5.82 Å². The first-order chi connectivity index (χ1) is 12.8. The Bertz CT molecular complexity index is 1030. The van der Waals surface area contributed by atoms with Gasteiger partial charge in [0.2, 0.25) is 0 Å². The van der Waals surface area contributed by atoms with Gasteiger partial charge in [-0.15, -0.1) is 0 Å². The zero-order valence-electron chi connectivity index (χ0n) is 15.8. The van der Waals surface area contributed by atoms with Crippen LogP contribution in [0.4, 0.5) is 5.82 Å². The second-order valence-corrected chi connectivity index (χ2v) is 6.81. The van der Waals surface area contributed by atoms with Gasteiger partial charge in [0.1, 0.15) is 25.1 Å². The lowest BCUT2D eigenvalue weighted by Gasteiger charge is -2.27. The van der Waals surface area contributed by atoms with Gasteiger partial charge < -0.3 is 14.8 Å². The third-order valence-corrected chi connectivity index (χ3v) is 4.66. The van der Waals surface area contributed by atoms with Gasteiger partial charge in [0.05, 0.1) is 6.04 Å². The fourth-order valence-corrected chi connectivity index (χ4v) is 3.15. The van der Waals surface area contributed by atoms with E-state index in [4.69, 9.17) is 9.47 Å². The summed E-state index contributed by atoms with van der Waals surface area (Å²) in [6.45, 7) is 5.02. The van der Waals surface area contributed by atoms with Gasteiger partial charge in [0.25, 0.3) is 5.56 Å². The van der Waals surface area contributed by atoms with Crippen molar-refractivity contribution < 1.29 is 9.47 Å². The number of nitrogens with one attached hydrogen (secondary N) is 1. The van der Waals surface area contributed by atoms with Gasteiger partial charge in [-0.25, -0.2) is 4.79 Å². The van der Waals surface area contributed by atoms with E-state index in [1.165, 1.54) is 18.7 Å². The van der Waals surface area contributed by atoms with Crippen LogP contribution in [0.15, 0.2) is 27.8 Å². The molecule has 1 aliphatic heterocycles. The first-order valence-electron chi connectivity index (χ1n) is 8.71. The lowest BCUT2D eigenvalue weighted by atomic mass is 9.95. The molecular weight excluding hydrogens is 348 g/mol. The summed E-state index contributed by atoms with van der Waals surface area (Å²) in [5.41, 5.74) is -0.298. The molecule has 1 N–H and O–H groups in total. The molecule has 1 aliphatic rings. The van der Waals surface area contributed by atoms with Crippen LogP contribution in [-0.4, -0.2) is 22.3 Å². The van der Waals surface area contributed by atoms with Crippen molar-refractivity contribution in [2.45, 2.75) is 19.9 Å². The van der Waals surface area contributed by atoms with Crippen molar-refractivity contribution in [1.29, 1.82) is 5.26 Å². The molecule has 1 aromatic heterocycles. The van der Waals surface area contributed by atoms with E-state index >= 15 is 0 Å². The molecule has 0 saturated heterocycles. The zero-order chi connectivity index (χ0) is 19.7. The van der Waals surface area contributed by atoms with E-state index in [-0.39, 0.29) is 23.3 Å². The highest BCUT2D eigenvalue weighted by Crippen LogP contribution is 2.35. The zero-order valence-corrected chi connectivity index (χ0v) is 15.8. The molecule has 142 valence electrons. The third kappa shape index (κ3) is 3.28. The van der Waals surface area contributed by atoms with Crippen LogP contribution in [0.1, 0.15) is 31.0 Å². The van der Waals surface area contributed by atoms with Crippen molar-refractivity contribution in [2.24, 2.45) is 20.0 Å². The van der Waals surface area contributed by atoms with Crippen LogP contribution in [0.2, 0.25) is 0 Å². The Labute approximate surface area is 156 Å². The van der Waals surface area contributed by atoms with E-state index in [2.05, 4.69) is 5.32 Å². The number of aromatic nitrogens is 2. The van der Waals surface area contributed by atoms with E-state index in [1.54, 1.807) is 0 Å². The molecule has 27 heavy (non-hydrogen) atoms. The second kappa shape index (κ2) is 7.19. The summed E-state index contributed by atoms with van der Waals surface area (Å²) in [4.78, 5) is 24.6. The Balaban J connectivity index is 2.08. The molecule has 0 saturated carbocycles. The van der Waals surface area contributed by atoms with Crippen molar-refractivity contribution in [3.63, 3.8) is 0 Å². The maximum Gasteiger partial charge on any atom is 0.332 e. The average molecular weight is 370 g/mol. The number of ether oxygens (including phenoxy) is 2. The Hall–Kier alpha value is -3.21. The van der Waals surface area contributed by atoms with Gasteiger partial charge in [-0.05, 0) is 23.6 Å². The van der Waals surface area contributed by atoms with Crippen molar-refractivity contribution in [2.75, 3.05) is 18.5 Å². The first-order valence-corrected chi connectivity index (χ1v) is 8.71. The number of nitriles is 1. The van der Waals surface area contributed by atoms with Crippen LogP contribution in [0.3, 0.4) is 0 Å². The highest BCUT2D eigenvalue weighted by Gasteiger charge is 2.23. The highest BCUT2D eigenvalue weighted by atomic mass is 16.6. The molecule has 0 bridgehead atoms. The standard InChI is InChI=1S/C19H22N4O4/c1-11(2)16(12-5-6-14-15(9-12)27-8-7-26-14)21-17-13(10-20)18(24)23(4)19(25)22(17)3/h5-6,9,11,16,21H,7-8H2,1-4H3/t16-/m0/s1. The summed E-state index contributed by atoms with van der Waals surface area (Å²) in [5, 5.41) is 12.7. The molecule has 0 aliphatic carbocycles. The minimum atomic E-state index is -0.618. The Kier molecular flexibility index (Phi) is 4.95. The Morgan fingerprint density at radius 3 is 2.41 bits per heavy atom. The van der Waals surface area contributed by atoms with E-state index in [0.29, 0.717) is 24.7 Å². The fourth-order valence-electron chi connectivity index (χ4n) is 3.15. The van der Waals surface area contributed by atoms with Crippen LogP contribution >= 0.6 is 0 Å². The van der Waals surface area contributed by atoms with Crippen LogP contribution in [0.25, 0.3) is 0 Å². The topological polar surface area (TPSA) is 98.3 Å². The molecule has 0 unspecified atom stereocenters. The number of anilines is 1. The molecular formula is C19H22N4O4. The summed E-state index contributed by atoms with van der Waals surface area (Å²) in [6.07, 6.45) is 0. The van der Waals surface area contributed by atoms with Gasteiger partial charge in [-0.2, -0.15) is 5.26 Å². The van der Waals surface area contributed by atoms with Crippen LogP contribution in [-0.2, 0) is 14.1 Å². The predicted octanol–water partition coefficient (Wildman–Crippen LogP) is 1.54. The molecule has 8 nitrogen and oxygen atoms in total. The predicted molar refractivity (Wildman–Crippen MR) is 100 cm³/mol. The highest BCUT2D eigenvalue weighted by molar-refractivity contribution is 5.54. The smallest absolute Gasteiger partial charge is 0.332 e. The molecule has 3 rings (SSSR count). The van der Waals surface area contributed by atoms with E-state index in [9.17, 15) is 14.9 Å². The van der Waals surface area contributed by atoms with Crippen molar-refractivity contribution in [3.8, 4) is 17.6 Å². The maximum atomic E-state index is 12.3. The number of hydrogen-bond acceptors (Lipinski definition) is 6. The van der Waals surface area contributed by atoms with E-state index in [0.717, 1.165) is 10.1 Å². The van der Waals surface area contributed by atoms with Gasteiger partial charge in [-0.1, -0.05) is 19.9 Å². The molecule has 2 heterocycles. The summed E-state index contributed by atoms with van der Waals surface area (Å²) in [7, 11) is 2.89. The Morgan fingerprint density at radius 1 is 1.11 bits per heavy atom.